The van der Waals surface area contributed by atoms with Gasteiger partial charge in [0.1, 0.15) is 13.2 Å². The maximum atomic E-state index is 13.0. The molecule has 0 heterocycles. The van der Waals surface area contributed by atoms with E-state index in [4.69, 9.17) is 14.2 Å². The van der Waals surface area contributed by atoms with Crippen molar-refractivity contribution >= 4 is 17.9 Å². The van der Waals surface area contributed by atoms with E-state index in [1.54, 1.807) is 0 Å². The fraction of sp³-hybridized carbons (Fsp3) is 0.822. The molecule has 0 bridgehead atoms. The maximum absolute atomic E-state index is 13.0. The van der Waals surface area contributed by atoms with Crippen LogP contribution in [-0.4, -0.2) is 37.2 Å². The molecule has 0 amide bonds. The van der Waals surface area contributed by atoms with Crippen molar-refractivity contribution in [3.8, 4) is 0 Å². The van der Waals surface area contributed by atoms with Gasteiger partial charge in [-0.1, -0.05) is 326 Å². The Kier molecular flexibility index (Phi) is 65.1. The first-order valence-electron chi connectivity index (χ1n) is 34.8. The number of allylic oxidation sites excluding steroid dienone is 10. The summed E-state index contributed by atoms with van der Waals surface area (Å²) in [5, 5.41) is 0. The van der Waals surface area contributed by atoms with Gasteiger partial charge in [-0.15, -0.1) is 0 Å². The van der Waals surface area contributed by atoms with Crippen LogP contribution in [0, 0.1) is 0 Å². The monoisotopic (exact) mass is 1110 g/mol. The lowest BCUT2D eigenvalue weighted by atomic mass is 10.0. The van der Waals surface area contributed by atoms with E-state index in [0.29, 0.717) is 19.3 Å². The van der Waals surface area contributed by atoms with Crippen LogP contribution in [-0.2, 0) is 28.6 Å². The van der Waals surface area contributed by atoms with Gasteiger partial charge < -0.3 is 14.2 Å². The second kappa shape index (κ2) is 67.6. The molecule has 0 aromatic heterocycles. The summed E-state index contributed by atoms with van der Waals surface area (Å²) in [6, 6.07) is 0. The van der Waals surface area contributed by atoms with Crippen LogP contribution in [0.25, 0.3) is 0 Å². The molecule has 1 unspecified atom stereocenters. The van der Waals surface area contributed by atoms with Gasteiger partial charge in [-0.25, -0.2) is 0 Å². The fourth-order valence-electron chi connectivity index (χ4n) is 10.3. The van der Waals surface area contributed by atoms with Crippen molar-refractivity contribution in [3.63, 3.8) is 0 Å². The van der Waals surface area contributed by atoms with E-state index in [-0.39, 0.29) is 31.1 Å². The van der Waals surface area contributed by atoms with Crippen molar-refractivity contribution in [2.45, 2.75) is 374 Å². The van der Waals surface area contributed by atoms with Crippen LogP contribution in [0.4, 0.5) is 0 Å². The molecular formula is C73H132O6. The third-order valence-corrected chi connectivity index (χ3v) is 15.5. The van der Waals surface area contributed by atoms with Crippen molar-refractivity contribution in [3.05, 3.63) is 60.8 Å². The molecule has 0 spiro atoms. The Morgan fingerprint density at radius 3 is 0.810 bits per heavy atom. The zero-order valence-electron chi connectivity index (χ0n) is 52.9. The van der Waals surface area contributed by atoms with Gasteiger partial charge in [-0.05, 0) is 83.5 Å². The zero-order chi connectivity index (χ0) is 57.1. The maximum Gasteiger partial charge on any atom is 0.306 e. The van der Waals surface area contributed by atoms with E-state index in [9.17, 15) is 14.4 Å². The second-order valence-electron chi connectivity index (χ2n) is 23.4. The number of ether oxygens (including phenoxy) is 3. The van der Waals surface area contributed by atoms with Crippen LogP contribution in [0.5, 0.6) is 0 Å². The van der Waals surface area contributed by atoms with E-state index >= 15 is 0 Å². The van der Waals surface area contributed by atoms with Crippen molar-refractivity contribution in [2.24, 2.45) is 0 Å². The summed E-state index contributed by atoms with van der Waals surface area (Å²) >= 11 is 0. The molecule has 460 valence electrons. The predicted molar refractivity (Wildman–Crippen MR) is 344 cm³/mol. The van der Waals surface area contributed by atoms with Crippen molar-refractivity contribution in [1.82, 2.24) is 0 Å². The van der Waals surface area contributed by atoms with Gasteiger partial charge in [0.25, 0.3) is 0 Å². The Morgan fingerprint density at radius 2 is 0.494 bits per heavy atom. The Balaban J connectivity index is 4.31. The lowest BCUT2D eigenvalue weighted by molar-refractivity contribution is -0.167. The average molecular weight is 1110 g/mol. The number of carbonyl (C=O) groups excluding carboxylic acids is 3. The molecule has 1 atom stereocenters. The number of unbranched alkanes of at least 4 members (excludes halogenated alkanes) is 43. The highest BCUT2D eigenvalue weighted by molar-refractivity contribution is 5.71. The summed E-state index contributed by atoms with van der Waals surface area (Å²) in [6.45, 7) is 6.55. The summed E-state index contributed by atoms with van der Waals surface area (Å²) in [4.78, 5) is 38.4. The highest BCUT2D eigenvalue weighted by Gasteiger charge is 2.19. The predicted octanol–water partition coefficient (Wildman–Crippen LogP) is 23.9. The molecule has 0 N–H and O–H groups in total. The van der Waals surface area contributed by atoms with E-state index in [0.717, 1.165) is 83.5 Å². The molecule has 6 nitrogen and oxygen atoms in total. The first-order valence-corrected chi connectivity index (χ1v) is 34.8. The minimum absolute atomic E-state index is 0.0842. The van der Waals surface area contributed by atoms with Gasteiger partial charge in [0.15, 0.2) is 6.10 Å². The van der Waals surface area contributed by atoms with Crippen LogP contribution in [0.2, 0.25) is 0 Å². The van der Waals surface area contributed by atoms with Crippen molar-refractivity contribution in [1.29, 1.82) is 0 Å². The van der Waals surface area contributed by atoms with Crippen molar-refractivity contribution < 1.29 is 28.6 Å². The molecule has 0 radical (unpaired) electrons. The van der Waals surface area contributed by atoms with Gasteiger partial charge >= 0.3 is 17.9 Å². The minimum Gasteiger partial charge on any atom is -0.462 e. The SMILES string of the molecule is CC/C=C\C/C=C\C/C=C\C/C=C\CCCCC(=O)OCC(COC(=O)CCCCCCCCCCCCC/C=C\CCCCCCCCCC)OC(=O)CCCCCCCCCCCCCCCCCCCCCCCCC. The molecule has 0 fully saturated rings. The molecular weight excluding hydrogens is 973 g/mol. The number of hydrogen-bond donors (Lipinski definition) is 0. The summed E-state index contributed by atoms with van der Waals surface area (Å²) < 4.78 is 17.0. The molecule has 0 saturated heterocycles. The van der Waals surface area contributed by atoms with Crippen molar-refractivity contribution in [2.75, 3.05) is 13.2 Å². The lowest BCUT2D eigenvalue weighted by Crippen LogP contribution is -2.30. The third kappa shape index (κ3) is 65.8. The first kappa shape index (κ1) is 76.1. The molecule has 0 saturated carbocycles. The largest absolute Gasteiger partial charge is 0.462 e. The fourth-order valence-corrected chi connectivity index (χ4v) is 10.3. The Labute approximate surface area is 491 Å². The van der Waals surface area contributed by atoms with Crippen LogP contribution in [0.15, 0.2) is 60.8 Å². The zero-order valence-corrected chi connectivity index (χ0v) is 52.9. The lowest BCUT2D eigenvalue weighted by Gasteiger charge is -2.18. The van der Waals surface area contributed by atoms with Crippen LogP contribution in [0.3, 0.4) is 0 Å². The molecule has 0 rings (SSSR count). The van der Waals surface area contributed by atoms with Gasteiger partial charge in [-0.2, -0.15) is 0 Å². The van der Waals surface area contributed by atoms with Crippen LogP contribution in [0.1, 0.15) is 367 Å². The van der Waals surface area contributed by atoms with E-state index in [1.807, 2.05) is 0 Å². The Morgan fingerprint density at radius 1 is 0.266 bits per heavy atom. The first-order chi connectivity index (χ1) is 39.0. The molecule has 0 aromatic carbocycles. The molecule has 0 aromatic rings. The van der Waals surface area contributed by atoms with E-state index in [2.05, 4.69) is 81.5 Å². The summed E-state index contributed by atoms with van der Waals surface area (Å²) in [5.74, 6) is -0.905. The number of hydrogen-bond acceptors (Lipinski definition) is 6. The minimum atomic E-state index is -0.791. The topological polar surface area (TPSA) is 78.9 Å². The highest BCUT2D eigenvalue weighted by Crippen LogP contribution is 2.18. The van der Waals surface area contributed by atoms with E-state index < -0.39 is 6.10 Å². The smallest absolute Gasteiger partial charge is 0.306 e. The Bertz CT molecular complexity index is 1410. The Hall–Kier alpha value is -2.89. The highest BCUT2D eigenvalue weighted by atomic mass is 16.6. The van der Waals surface area contributed by atoms with Crippen LogP contribution < -0.4 is 0 Å². The molecule has 0 aliphatic carbocycles. The average Bonchev–Trinajstić information content (AvgIpc) is 3.45. The number of carbonyl (C=O) groups is 3. The number of rotatable bonds is 64. The number of esters is 3. The summed E-state index contributed by atoms with van der Waals surface area (Å²) in [6.07, 6.45) is 86.8. The normalized spacial score (nSPS) is 12.4. The standard InChI is InChI=1S/C73H132O6/c1-4-7-10-13-16-19-22-25-28-30-32-34-36-38-40-42-45-48-51-54-57-60-63-66-72(75)78-69-70(68-77-71(74)65-62-59-56-53-50-47-44-27-24-21-18-15-12-9-6-3)79-73(76)67-64-61-58-55-52-49-46-43-41-39-37-35-33-31-29-26-23-20-17-14-11-8-5-2/h9,12,18,21,27,30,32,44,50,53,70H,4-8,10-11,13-17,19-20,22-26,28-29,31,33-43,45-49,51-52,54-69H2,1-3H3/b12-9-,21-18-,32-30-,44-27-,53-50-. The van der Waals surface area contributed by atoms with Gasteiger partial charge in [0.2, 0.25) is 0 Å². The molecule has 0 aliphatic rings. The second-order valence-corrected chi connectivity index (χ2v) is 23.4. The molecule has 79 heavy (non-hydrogen) atoms. The van der Waals surface area contributed by atoms with Gasteiger partial charge in [0.05, 0.1) is 0 Å². The quantitative estimate of drug-likeness (QED) is 0.0261. The summed E-state index contributed by atoms with van der Waals surface area (Å²) in [7, 11) is 0. The molecule has 0 aliphatic heterocycles. The van der Waals surface area contributed by atoms with E-state index in [1.165, 1.54) is 244 Å². The third-order valence-electron chi connectivity index (χ3n) is 15.5. The van der Waals surface area contributed by atoms with Gasteiger partial charge in [0, 0.05) is 19.3 Å². The summed E-state index contributed by atoms with van der Waals surface area (Å²) in [5.41, 5.74) is 0. The van der Waals surface area contributed by atoms with Gasteiger partial charge in [-0.3, -0.25) is 14.4 Å². The van der Waals surface area contributed by atoms with Crippen LogP contribution >= 0.6 is 0 Å². The molecule has 6 heteroatoms.